The van der Waals surface area contributed by atoms with Gasteiger partial charge in [0.25, 0.3) is 5.91 Å². The van der Waals surface area contributed by atoms with Crippen LogP contribution < -0.4 is 4.74 Å². The summed E-state index contributed by atoms with van der Waals surface area (Å²) < 4.78 is 19.3. The highest BCUT2D eigenvalue weighted by Gasteiger charge is 2.31. The van der Waals surface area contributed by atoms with Crippen LogP contribution >= 0.6 is 24.0 Å². The van der Waals surface area contributed by atoms with Crippen molar-refractivity contribution in [3.05, 3.63) is 106 Å². The van der Waals surface area contributed by atoms with Crippen molar-refractivity contribution in [2.45, 2.75) is 20.1 Å². The van der Waals surface area contributed by atoms with E-state index in [-0.39, 0.29) is 11.7 Å². The Morgan fingerprint density at radius 2 is 1.61 bits per heavy atom. The Balaban J connectivity index is 1.39. The van der Waals surface area contributed by atoms with E-state index in [4.69, 9.17) is 17.0 Å². The monoisotopic (exact) mass is 449 g/mol. The molecular formula is C25H20FNO2S2. The SMILES string of the molecule is Cc1ccc(CN2C(=O)/C(=C/c3ccc(OCc4ccc(F)cc4)cc3)SC2=S)cc1. The molecule has 0 saturated carbocycles. The molecule has 3 aromatic carbocycles. The van der Waals surface area contributed by atoms with Crippen LogP contribution in [0.5, 0.6) is 5.75 Å². The number of rotatable bonds is 6. The summed E-state index contributed by atoms with van der Waals surface area (Å²) in [4.78, 5) is 15.1. The summed E-state index contributed by atoms with van der Waals surface area (Å²) in [5, 5.41) is 0. The van der Waals surface area contributed by atoms with Crippen molar-refractivity contribution >= 4 is 40.3 Å². The summed E-state index contributed by atoms with van der Waals surface area (Å²) in [5.74, 6) is 0.359. The molecule has 1 aliphatic heterocycles. The molecule has 0 atom stereocenters. The first kappa shape index (κ1) is 21.3. The first-order valence-electron chi connectivity index (χ1n) is 9.76. The van der Waals surface area contributed by atoms with Gasteiger partial charge in [0.15, 0.2) is 0 Å². The molecule has 1 aliphatic rings. The highest BCUT2D eigenvalue weighted by molar-refractivity contribution is 8.26. The normalized spacial score (nSPS) is 15.0. The van der Waals surface area contributed by atoms with Gasteiger partial charge in [-0.2, -0.15) is 0 Å². The van der Waals surface area contributed by atoms with Gasteiger partial charge in [-0.05, 0) is 54.0 Å². The highest BCUT2D eigenvalue weighted by Crippen LogP contribution is 2.33. The molecule has 31 heavy (non-hydrogen) atoms. The van der Waals surface area contributed by atoms with Gasteiger partial charge in [0.1, 0.15) is 22.5 Å². The second-order valence-electron chi connectivity index (χ2n) is 7.24. The van der Waals surface area contributed by atoms with Crippen LogP contribution in [0, 0.1) is 12.7 Å². The fraction of sp³-hybridized carbons (Fsp3) is 0.120. The molecule has 1 amide bonds. The zero-order valence-electron chi connectivity index (χ0n) is 16.9. The van der Waals surface area contributed by atoms with Gasteiger partial charge in [-0.25, -0.2) is 4.39 Å². The topological polar surface area (TPSA) is 29.5 Å². The number of carbonyl (C=O) groups excluding carboxylic acids is 1. The van der Waals surface area contributed by atoms with Gasteiger partial charge >= 0.3 is 0 Å². The maximum absolute atomic E-state index is 13.0. The van der Waals surface area contributed by atoms with Gasteiger partial charge < -0.3 is 4.74 Å². The predicted molar refractivity (Wildman–Crippen MR) is 127 cm³/mol. The summed E-state index contributed by atoms with van der Waals surface area (Å²) in [6.45, 7) is 2.86. The number of hydrogen-bond donors (Lipinski definition) is 0. The molecule has 0 aromatic heterocycles. The molecule has 0 aliphatic carbocycles. The lowest BCUT2D eigenvalue weighted by Crippen LogP contribution is -2.27. The van der Waals surface area contributed by atoms with E-state index in [2.05, 4.69) is 0 Å². The Kier molecular flexibility index (Phi) is 6.49. The third-order valence-corrected chi connectivity index (χ3v) is 6.21. The van der Waals surface area contributed by atoms with E-state index in [9.17, 15) is 9.18 Å². The molecule has 1 fully saturated rings. The summed E-state index contributed by atoms with van der Waals surface area (Å²) in [6.07, 6.45) is 1.85. The van der Waals surface area contributed by atoms with Crippen LogP contribution in [0.3, 0.4) is 0 Å². The van der Waals surface area contributed by atoms with Gasteiger partial charge in [0, 0.05) is 0 Å². The number of ether oxygens (including phenoxy) is 1. The van der Waals surface area contributed by atoms with Crippen molar-refractivity contribution in [3.8, 4) is 5.75 Å². The van der Waals surface area contributed by atoms with Gasteiger partial charge in [-0.3, -0.25) is 9.69 Å². The number of nitrogens with zero attached hydrogens (tertiary/aromatic N) is 1. The molecule has 1 heterocycles. The summed E-state index contributed by atoms with van der Waals surface area (Å²) in [6, 6.07) is 21.8. The van der Waals surface area contributed by atoms with Crippen molar-refractivity contribution in [3.63, 3.8) is 0 Å². The van der Waals surface area contributed by atoms with Crippen LogP contribution in [0.4, 0.5) is 4.39 Å². The quantitative estimate of drug-likeness (QED) is 0.335. The first-order chi connectivity index (χ1) is 15.0. The zero-order chi connectivity index (χ0) is 21.8. The van der Waals surface area contributed by atoms with Crippen LogP contribution in [-0.4, -0.2) is 15.1 Å². The molecular weight excluding hydrogens is 429 g/mol. The third-order valence-electron chi connectivity index (χ3n) is 4.83. The maximum atomic E-state index is 13.0. The standard InChI is InChI=1S/C25H20FNO2S2/c1-17-2-4-19(5-3-17)15-27-24(28)23(31-25(27)30)14-18-8-12-22(13-9-18)29-16-20-6-10-21(26)11-7-20/h2-14H,15-16H2,1H3/b23-14-. The molecule has 0 bridgehead atoms. The summed E-state index contributed by atoms with van der Waals surface area (Å²) in [7, 11) is 0. The van der Waals surface area contributed by atoms with Crippen molar-refractivity contribution in [1.82, 2.24) is 4.90 Å². The van der Waals surface area contributed by atoms with E-state index in [1.807, 2.05) is 61.5 Å². The minimum absolute atomic E-state index is 0.0767. The Morgan fingerprint density at radius 1 is 0.968 bits per heavy atom. The van der Waals surface area contributed by atoms with E-state index >= 15 is 0 Å². The Morgan fingerprint density at radius 3 is 2.29 bits per heavy atom. The van der Waals surface area contributed by atoms with Crippen molar-refractivity contribution in [1.29, 1.82) is 0 Å². The molecule has 3 aromatic rings. The van der Waals surface area contributed by atoms with Crippen molar-refractivity contribution in [2.75, 3.05) is 0 Å². The molecule has 0 unspecified atom stereocenters. The first-order valence-corrected chi connectivity index (χ1v) is 11.0. The van der Waals surface area contributed by atoms with E-state index in [0.29, 0.717) is 28.1 Å². The predicted octanol–water partition coefficient (Wildman–Crippen LogP) is 6.11. The van der Waals surface area contributed by atoms with Gasteiger partial charge in [0.05, 0.1) is 11.4 Å². The molecule has 4 rings (SSSR count). The molecule has 6 heteroatoms. The van der Waals surface area contributed by atoms with E-state index in [1.54, 1.807) is 17.0 Å². The lowest BCUT2D eigenvalue weighted by Gasteiger charge is -2.14. The smallest absolute Gasteiger partial charge is 0.266 e. The van der Waals surface area contributed by atoms with Gasteiger partial charge in [-0.1, -0.05) is 78.1 Å². The van der Waals surface area contributed by atoms with Crippen LogP contribution in [-0.2, 0) is 17.9 Å². The van der Waals surface area contributed by atoms with Crippen LogP contribution in [0.25, 0.3) is 6.08 Å². The minimum atomic E-state index is -0.266. The van der Waals surface area contributed by atoms with Crippen molar-refractivity contribution < 1.29 is 13.9 Å². The second-order valence-corrected chi connectivity index (χ2v) is 8.91. The average molecular weight is 450 g/mol. The van der Waals surface area contributed by atoms with Crippen LogP contribution in [0.1, 0.15) is 22.3 Å². The molecule has 1 saturated heterocycles. The minimum Gasteiger partial charge on any atom is -0.489 e. The highest BCUT2D eigenvalue weighted by atomic mass is 32.2. The zero-order valence-corrected chi connectivity index (χ0v) is 18.5. The van der Waals surface area contributed by atoms with Gasteiger partial charge in [0.2, 0.25) is 0 Å². The average Bonchev–Trinajstić information content (AvgIpc) is 3.03. The Bertz CT molecular complexity index is 1120. The molecule has 3 nitrogen and oxygen atoms in total. The number of aryl methyl sites for hydroxylation is 1. The van der Waals surface area contributed by atoms with Crippen molar-refractivity contribution in [2.24, 2.45) is 0 Å². The third kappa shape index (κ3) is 5.40. The molecule has 156 valence electrons. The molecule has 0 radical (unpaired) electrons. The van der Waals surface area contributed by atoms with Crippen LogP contribution in [0.15, 0.2) is 77.7 Å². The van der Waals surface area contributed by atoms with E-state index < -0.39 is 0 Å². The number of halogens is 1. The fourth-order valence-electron chi connectivity index (χ4n) is 3.07. The number of amides is 1. The Labute approximate surface area is 190 Å². The van der Waals surface area contributed by atoms with Crippen LogP contribution in [0.2, 0.25) is 0 Å². The summed E-state index contributed by atoms with van der Waals surface area (Å²) >= 11 is 6.75. The molecule has 0 spiro atoms. The summed E-state index contributed by atoms with van der Waals surface area (Å²) in [5.41, 5.74) is 4.01. The van der Waals surface area contributed by atoms with Gasteiger partial charge in [-0.15, -0.1) is 0 Å². The number of hydrogen-bond acceptors (Lipinski definition) is 4. The second kappa shape index (κ2) is 9.45. The lowest BCUT2D eigenvalue weighted by atomic mass is 10.1. The number of benzene rings is 3. The van der Waals surface area contributed by atoms with E-state index in [1.165, 1.54) is 29.5 Å². The lowest BCUT2D eigenvalue weighted by molar-refractivity contribution is -0.122. The number of carbonyl (C=O) groups is 1. The maximum Gasteiger partial charge on any atom is 0.266 e. The fourth-order valence-corrected chi connectivity index (χ4v) is 4.33. The number of thiocarbonyl (C=S) groups is 1. The van der Waals surface area contributed by atoms with E-state index in [0.717, 1.165) is 16.7 Å². The number of thioether (sulfide) groups is 1. The Hall–Kier alpha value is -2.96. The molecule has 0 N–H and O–H groups in total. The largest absolute Gasteiger partial charge is 0.489 e.